The van der Waals surface area contributed by atoms with Crippen LogP contribution >= 0.6 is 0 Å². The highest BCUT2D eigenvalue weighted by Gasteiger charge is 2.50. The van der Waals surface area contributed by atoms with Gasteiger partial charge in [-0.3, -0.25) is 4.90 Å². The standard InChI is InChI=1S/C22H27N5/c1-22-11-18(26(2)21-19-8-9-23-20(19)24-15-25-21)10-17(22)13-27(14-22)12-16-6-4-3-5-7-16/h3-9,15,17-18H,10-14H2,1-2H3,(H,23,24,25)/t17-,18+,22+/m0/s1. The van der Waals surface area contributed by atoms with Gasteiger partial charge in [-0.05, 0) is 35.8 Å². The van der Waals surface area contributed by atoms with Crippen molar-refractivity contribution in [2.75, 3.05) is 25.0 Å². The Morgan fingerprint density at radius 2 is 2.07 bits per heavy atom. The minimum absolute atomic E-state index is 0.401. The second kappa shape index (κ2) is 6.34. The molecule has 0 spiro atoms. The maximum absolute atomic E-state index is 4.60. The van der Waals surface area contributed by atoms with Gasteiger partial charge in [0, 0.05) is 38.9 Å². The van der Waals surface area contributed by atoms with Crippen molar-refractivity contribution in [1.29, 1.82) is 0 Å². The third-order valence-corrected chi connectivity index (χ3v) is 6.77. The molecule has 3 atom stereocenters. The van der Waals surface area contributed by atoms with Crippen molar-refractivity contribution in [2.45, 2.75) is 32.4 Å². The number of hydrogen-bond donors (Lipinski definition) is 1. The summed E-state index contributed by atoms with van der Waals surface area (Å²) < 4.78 is 0. The molecule has 1 saturated heterocycles. The maximum atomic E-state index is 4.60. The molecule has 2 aromatic heterocycles. The molecule has 3 aromatic rings. The van der Waals surface area contributed by atoms with E-state index in [9.17, 15) is 0 Å². The summed E-state index contributed by atoms with van der Waals surface area (Å²) in [6.45, 7) is 5.96. The third-order valence-electron chi connectivity index (χ3n) is 6.77. The normalized spacial score (nSPS) is 27.9. The van der Waals surface area contributed by atoms with E-state index in [0.29, 0.717) is 11.5 Å². The highest BCUT2D eigenvalue weighted by Crippen LogP contribution is 2.50. The monoisotopic (exact) mass is 361 g/mol. The number of aromatic nitrogens is 3. The van der Waals surface area contributed by atoms with Crippen LogP contribution in [0, 0.1) is 11.3 Å². The lowest BCUT2D eigenvalue weighted by Gasteiger charge is -2.29. The molecule has 1 saturated carbocycles. The number of nitrogens with one attached hydrogen (secondary N) is 1. The van der Waals surface area contributed by atoms with Crippen molar-refractivity contribution in [2.24, 2.45) is 11.3 Å². The van der Waals surface area contributed by atoms with E-state index >= 15 is 0 Å². The SMILES string of the molecule is CN(c1ncnc2[nH]ccc12)[C@@H]1C[C@H]2CN(Cc3ccccc3)C[C@@]2(C)C1. The van der Waals surface area contributed by atoms with Crippen LogP contribution in [-0.4, -0.2) is 46.0 Å². The molecule has 0 radical (unpaired) electrons. The fourth-order valence-electron chi connectivity index (χ4n) is 5.35. The summed E-state index contributed by atoms with van der Waals surface area (Å²) in [7, 11) is 2.20. The number of H-pyrrole nitrogens is 1. The number of nitrogens with zero attached hydrogens (tertiary/aromatic N) is 4. The smallest absolute Gasteiger partial charge is 0.142 e. The first-order chi connectivity index (χ1) is 13.1. The van der Waals surface area contributed by atoms with Crippen molar-refractivity contribution in [3.05, 3.63) is 54.5 Å². The van der Waals surface area contributed by atoms with Gasteiger partial charge in [-0.25, -0.2) is 9.97 Å². The molecule has 2 aliphatic rings. The molecule has 1 aliphatic carbocycles. The van der Waals surface area contributed by atoms with Crippen molar-refractivity contribution in [3.63, 3.8) is 0 Å². The van der Waals surface area contributed by atoms with Crippen LogP contribution in [0.1, 0.15) is 25.3 Å². The van der Waals surface area contributed by atoms with E-state index in [4.69, 9.17) is 0 Å². The van der Waals surface area contributed by atoms with Crippen LogP contribution in [0.15, 0.2) is 48.9 Å². The van der Waals surface area contributed by atoms with Gasteiger partial charge in [0.1, 0.15) is 17.8 Å². The van der Waals surface area contributed by atoms with Gasteiger partial charge in [-0.15, -0.1) is 0 Å². The van der Waals surface area contributed by atoms with Gasteiger partial charge in [0.05, 0.1) is 5.39 Å². The van der Waals surface area contributed by atoms with Crippen molar-refractivity contribution < 1.29 is 0 Å². The zero-order chi connectivity index (χ0) is 18.4. The number of aromatic amines is 1. The average Bonchev–Trinajstić information content (AvgIpc) is 3.33. The van der Waals surface area contributed by atoms with E-state index in [2.05, 4.69) is 75.1 Å². The van der Waals surface area contributed by atoms with E-state index in [-0.39, 0.29) is 0 Å². The number of rotatable bonds is 4. The van der Waals surface area contributed by atoms with Crippen LogP contribution in [0.4, 0.5) is 5.82 Å². The van der Waals surface area contributed by atoms with Gasteiger partial charge in [0.15, 0.2) is 0 Å². The Morgan fingerprint density at radius 1 is 1.22 bits per heavy atom. The summed E-state index contributed by atoms with van der Waals surface area (Å²) in [5.41, 5.74) is 2.74. The number of anilines is 1. The Labute approximate surface area is 160 Å². The van der Waals surface area contributed by atoms with E-state index in [1.54, 1.807) is 6.33 Å². The van der Waals surface area contributed by atoms with E-state index < -0.39 is 0 Å². The first kappa shape index (κ1) is 16.8. The molecule has 1 aromatic carbocycles. The average molecular weight is 361 g/mol. The highest BCUT2D eigenvalue weighted by atomic mass is 15.2. The highest BCUT2D eigenvalue weighted by molar-refractivity contribution is 5.87. The summed E-state index contributed by atoms with van der Waals surface area (Å²) >= 11 is 0. The zero-order valence-electron chi connectivity index (χ0n) is 16.1. The molecule has 5 nitrogen and oxygen atoms in total. The Balaban J connectivity index is 1.30. The lowest BCUT2D eigenvalue weighted by atomic mass is 9.83. The van der Waals surface area contributed by atoms with Gasteiger partial charge in [-0.2, -0.15) is 0 Å². The molecule has 1 aliphatic heterocycles. The van der Waals surface area contributed by atoms with Crippen LogP contribution in [0.3, 0.4) is 0 Å². The topological polar surface area (TPSA) is 48.1 Å². The van der Waals surface area contributed by atoms with Crippen LogP contribution in [0.5, 0.6) is 0 Å². The fraction of sp³-hybridized carbons (Fsp3) is 0.455. The molecule has 3 heterocycles. The number of likely N-dealkylation sites (tertiary alicyclic amines) is 1. The summed E-state index contributed by atoms with van der Waals surface area (Å²) in [4.78, 5) is 17.2. The van der Waals surface area contributed by atoms with Crippen LogP contribution < -0.4 is 4.90 Å². The van der Waals surface area contributed by atoms with Crippen molar-refractivity contribution >= 4 is 16.9 Å². The molecule has 1 N–H and O–H groups in total. The van der Waals surface area contributed by atoms with Crippen LogP contribution in [0.25, 0.3) is 11.0 Å². The van der Waals surface area contributed by atoms with Crippen molar-refractivity contribution in [3.8, 4) is 0 Å². The van der Waals surface area contributed by atoms with Gasteiger partial charge in [0.25, 0.3) is 0 Å². The minimum atomic E-state index is 0.401. The third kappa shape index (κ3) is 2.90. The van der Waals surface area contributed by atoms with Gasteiger partial charge >= 0.3 is 0 Å². The molecule has 27 heavy (non-hydrogen) atoms. The lowest BCUT2D eigenvalue weighted by Crippen LogP contribution is -2.34. The maximum Gasteiger partial charge on any atom is 0.142 e. The number of hydrogen-bond acceptors (Lipinski definition) is 4. The first-order valence-corrected chi connectivity index (χ1v) is 9.90. The zero-order valence-corrected chi connectivity index (χ0v) is 16.1. The molecule has 2 fully saturated rings. The second-order valence-electron chi connectivity index (χ2n) is 8.65. The molecular formula is C22H27N5. The van der Waals surface area contributed by atoms with Crippen molar-refractivity contribution in [1.82, 2.24) is 19.9 Å². The Kier molecular flexibility index (Phi) is 3.93. The molecule has 5 heteroatoms. The van der Waals surface area contributed by atoms with E-state index in [1.165, 1.54) is 31.5 Å². The van der Waals surface area contributed by atoms with E-state index in [0.717, 1.165) is 29.3 Å². The predicted molar refractivity (Wildman–Crippen MR) is 109 cm³/mol. The van der Waals surface area contributed by atoms with E-state index in [1.807, 2.05) is 6.20 Å². The summed E-state index contributed by atoms with van der Waals surface area (Å²) in [5.74, 6) is 1.81. The molecule has 140 valence electrons. The largest absolute Gasteiger partial charge is 0.356 e. The summed E-state index contributed by atoms with van der Waals surface area (Å²) in [5, 5.41) is 1.12. The Hall–Kier alpha value is -2.40. The number of benzene rings is 1. The molecule has 5 rings (SSSR count). The quantitative estimate of drug-likeness (QED) is 0.770. The number of fused-ring (bicyclic) bond motifs is 2. The Morgan fingerprint density at radius 3 is 2.89 bits per heavy atom. The lowest BCUT2D eigenvalue weighted by molar-refractivity contribution is 0.256. The van der Waals surface area contributed by atoms with Crippen LogP contribution in [0.2, 0.25) is 0 Å². The van der Waals surface area contributed by atoms with Gasteiger partial charge in [0.2, 0.25) is 0 Å². The first-order valence-electron chi connectivity index (χ1n) is 9.90. The molecule has 0 bridgehead atoms. The Bertz CT molecular complexity index is 936. The predicted octanol–water partition coefficient (Wildman–Crippen LogP) is 3.69. The molecular weight excluding hydrogens is 334 g/mol. The van der Waals surface area contributed by atoms with Crippen LogP contribution in [-0.2, 0) is 6.54 Å². The summed E-state index contributed by atoms with van der Waals surface area (Å²) in [6, 6.07) is 13.5. The van der Waals surface area contributed by atoms with Gasteiger partial charge in [-0.1, -0.05) is 37.3 Å². The minimum Gasteiger partial charge on any atom is -0.356 e. The molecule has 0 unspecified atom stereocenters. The second-order valence-corrected chi connectivity index (χ2v) is 8.65. The fourth-order valence-corrected chi connectivity index (χ4v) is 5.35. The van der Waals surface area contributed by atoms with Gasteiger partial charge < -0.3 is 9.88 Å². The summed E-state index contributed by atoms with van der Waals surface area (Å²) in [6.07, 6.45) is 6.09. The molecule has 0 amide bonds.